The number of thiophene rings is 1. The third-order valence-corrected chi connectivity index (χ3v) is 3.09. The minimum atomic E-state index is -0.0673. The molecule has 0 bridgehead atoms. The molecule has 1 aromatic heterocycles. The van der Waals surface area contributed by atoms with Crippen LogP contribution < -0.4 is 11.1 Å². The van der Waals surface area contributed by atoms with Crippen molar-refractivity contribution in [1.29, 1.82) is 0 Å². The van der Waals surface area contributed by atoms with Crippen LogP contribution in [0.5, 0.6) is 0 Å². The molecule has 1 rings (SSSR count). The molecule has 0 saturated carbocycles. The number of halogens is 1. The molecular weight excluding hydrogens is 240 g/mol. The highest BCUT2D eigenvalue weighted by atomic mass is 79.9. The molecule has 0 aliphatic rings. The largest absolute Gasteiger partial charge is 0.350 e. The lowest BCUT2D eigenvalue weighted by atomic mass is 10.4. The predicted octanol–water partition coefficient (Wildman–Crippen LogP) is 1.20. The Morgan fingerprint density at radius 1 is 1.75 bits per heavy atom. The zero-order valence-corrected chi connectivity index (χ0v) is 8.74. The average molecular weight is 249 g/mol. The van der Waals surface area contributed by atoms with E-state index >= 15 is 0 Å². The SMILES string of the molecule is NCCNC(=O)c1sccc1Br. The summed E-state index contributed by atoms with van der Waals surface area (Å²) in [5.74, 6) is -0.0673. The summed E-state index contributed by atoms with van der Waals surface area (Å²) in [4.78, 5) is 12.0. The number of carbonyl (C=O) groups is 1. The summed E-state index contributed by atoms with van der Waals surface area (Å²) < 4.78 is 0.835. The van der Waals surface area contributed by atoms with Crippen LogP contribution in [0.25, 0.3) is 0 Å². The van der Waals surface area contributed by atoms with Gasteiger partial charge in [-0.2, -0.15) is 0 Å². The van der Waals surface area contributed by atoms with Crippen LogP contribution in [-0.2, 0) is 0 Å². The molecule has 12 heavy (non-hydrogen) atoms. The summed E-state index contributed by atoms with van der Waals surface area (Å²) in [5, 5.41) is 4.55. The fraction of sp³-hybridized carbons (Fsp3) is 0.286. The van der Waals surface area contributed by atoms with Gasteiger partial charge in [-0.05, 0) is 27.4 Å². The molecule has 0 fully saturated rings. The van der Waals surface area contributed by atoms with Gasteiger partial charge in [-0.1, -0.05) is 0 Å². The Kier molecular flexibility index (Phi) is 3.71. The van der Waals surface area contributed by atoms with Gasteiger partial charge >= 0.3 is 0 Å². The van der Waals surface area contributed by atoms with Gasteiger partial charge in [0.1, 0.15) is 4.88 Å². The summed E-state index contributed by atoms with van der Waals surface area (Å²) in [5.41, 5.74) is 5.25. The average Bonchev–Trinajstić information content (AvgIpc) is 2.47. The molecule has 1 heterocycles. The van der Waals surface area contributed by atoms with Crippen molar-refractivity contribution in [2.75, 3.05) is 13.1 Å². The standard InChI is InChI=1S/C7H9BrN2OS/c8-5-1-4-12-6(5)7(11)10-3-2-9/h1,4H,2-3,9H2,(H,10,11). The first-order valence-electron chi connectivity index (χ1n) is 3.47. The molecule has 1 amide bonds. The van der Waals surface area contributed by atoms with E-state index in [9.17, 15) is 4.79 Å². The Morgan fingerprint density at radius 3 is 3.00 bits per heavy atom. The van der Waals surface area contributed by atoms with E-state index in [1.54, 1.807) is 0 Å². The minimum Gasteiger partial charge on any atom is -0.350 e. The third-order valence-electron chi connectivity index (χ3n) is 1.25. The zero-order chi connectivity index (χ0) is 8.97. The lowest BCUT2D eigenvalue weighted by molar-refractivity contribution is 0.0958. The number of amides is 1. The molecule has 0 unspecified atom stereocenters. The lowest BCUT2D eigenvalue weighted by Gasteiger charge is -2.00. The monoisotopic (exact) mass is 248 g/mol. The molecule has 0 atom stereocenters. The smallest absolute Gasteiger partial charge is 0.262 e. The first kappa shape index (κ1) is 9.70. The van der Waals surface area contributed by atoms with E-state index in [4.69, 9.17) is 5.73 Å². The van der Waals surface area contributed by atoms with E-state index in [1.807, 2.05) is 11.4 Å². The Morgan fingerprint density at radius 2 is 2.50 bits per heavy atom. The maximum Gasteiger partial charge on any atom is 0.262 e. The quantitative estimate of drug-likeness (QED) is 0.845. The molecule has 1 aromatic rings. The van der Waals surface area contributed by atoms with Crippen molar-refractivity contribution in [3.05, 3.63) is 20.8 Å². The van der Waals surface area contributed by atoms with Crippen molar-refractivity contribution in [2.24, 2.45) is 5.73 Å². The number of nitrogens with one attached hydrogen (secondary N) is 1. The van der Waals surface area contributed by atoms with Gasteiger partial charge in [-0.15, -0.1) is 11.3 Å². The molecule has 0 aliphatic carbocycles. The maximum absolute atomic E-state index is 11.3. The van der Waals surface area contributed by atoms with E-state index in [0.29, 0.717) is 18.0 Å². The van der Waals surface area contributed by atoms with Gasteiger partial charge in [0.2, 0.25) is 0 Å². The lowest BCUT2D eigenvalue weighted by Crippen LogP contribution is -2.28. The van der Waals surface area contributed by atoms with Crippen molar-refractivity contribution in [1.82, 2.24) is 5.32 Å². The molecule has 0 aliphatic heterocycles. The second-order valence-electron chi connectivity index (χ2n) is 2.14. The van der Waals surface area contributed by atoms with Gasteiger partial charge in [0.15, 0.2) is 0 Å². The van der Waals surface area contributed by atoms with Crippen LogP contribution in [0.1, 0.15) is 9.67 Å². The van der Waals surface area contributed by atoms with Crippen molar-refractivity contribution < 1.29 is 4.79 Å². The highest BCUT2D eigenvalue weighted by molar-refractivity contribution is 9.10. The zero-order valence-electron chi connectivity index (χ0n) is 6.34. The molecule has 0 saturated heterocycles. The van der Waals surface area contributed by atoms with Gasteiger partial charge < -0.3 is 11.1 Å². The van der Waals surface area contributed by atoms with Crippen LogP contribution >= 0.6 is 27.3 Å². The van der Waals surface area contributed by atoms with E-state index in [-0.39, 0.29) is 5.91 Å². The Bertz CT molecular complexity index is 274. The molecule has 5 heteroatoms. The fourth-order valence-electron chi connectivity index (χ4n) is 0.722. The van der Waals surface area contributed by atoms with Crippen LogP contribution in [0.2, 0.25) is 0 Å². The van der Waals surface area contributed by atoms with Crippen LogP contribution in [0.15, 0.2) is 15.9 Å². The van der Waals surface area contributed by atoms with Crippen LogP contribution in [0.4, 0.5) is 0 Å². The van der Waals surface area contributed by atoms with E-state index in [1.165, 1.54) is 11.3 Å². The topological polar surface area (TPSA) is 55.1 Å². The normalized spacial score (nSPS) is 9.83. The summed E-state index contributed by atoms with van der Waals surface area (Å²) >= 11 is 4.69. The molecular formula is C7H9BrN2OS. The summed E-state index contributed by atoms with van der Waals surface area (Å²) in [7, 11) is 0. The van der Waals surface area contributed by atoms with Crippen LogP contribution in [0.3, 0.4) is 0 Å². The number of nitrogens with two attached hydrogens (primary N) is 1. The number of hydrogen-bond donors (Lipinski definition) is 2. The second-order valence-corrected chi connectivity index (χ2v) is 3.91. The van der Waals surface area contributed by atoms with Gasteiger partial charge in [-0.3, -0.25) is 4.79 Å². The van der Waals surface area contributed by atoms with Crippen molar-refractivity contribution in [3.63, 3.8) is 0 Å². The first-order chi connectivity index (χ1) is 5.75. The first-order valence-corrected chi connectivity index (χ1v) is 5.14. The summed E-state index contributed by atoms with van der Waals surface area (Å²) in [6.45, 7) is 0.984. The molecule has 0 aromatic carbocycles. The highest BCUT2D eigenvalue weighted by Crippen LogP contribution is 2.21. The third kappa shape index (κ3) is 2.30. The van der Waals surface area contributed by atoms with E-state index in [0.717, 1.165) is 4.47 Å². The van der Waals surface area contributed by atoms with Gasteiger partial charge in [0.25, 0.3) is 5.91 Å². The number of hydrogen-bond acceptors (Lipinski definition) is 3. The Labute approximate surface area is 83.1 Å². The number of rotatable bonds is 3. The molecule has 0 radical (unpaired) electrons. The maximum atomic E-state index is 11.3. The number of carbonyl (C=O) groups excluding carboxylic acids is 1. The summed E-state index contributed by atoms with van der Waals surface area (Å²) in [6.07, 6.45) is 0. The van der Waals surface area contributed by atoms with Gasteiger partial charge in [0, 0.05) is 17.6 Å². The van der Waals surface area contributed by atoms with Crippen molar-refractivity contribution in [2.45, 2.75) is 0 Å². The molecule has 0 spiro atoms. The second kappa shape index (κ2) is 4.59. The fourth-order valence-corrected chi connectivity index (χ4v) is 2.19. The van der Waals surface area contributed by atoms with Crippen LogP contribution in [-0.4, -0.2) is 19.0 Å². The predicted molar refractivity (Wildman–Crippen MR) is 53.4 cm³/mol. The molecule has 3 N–H and O–H groups in total. The van der Waals surface area contributed by atoms with E-state index < -0.39 is 0 Å². The molecule has 66 valence electrons. The van der Waals surface area contributed by atoms with E-state index in [2.05, 4.69) is 21.2 Å². The Balaban J connectivity index is 2.59. The Hall–Kier alpha value is -0.390. The van der Waals surface area contributed by atoms with Gasteiger partial charge in [-0.25, -0.2) is 0 Å². The van der Waals surface area contributed by atoms with Crippen LogP contribution in [0, 0.1) is 0 Å². The van der Waals surface area contributed by atoms with Crippen molar-refractivity contribution in [3.8, 4) is 0 Å². The van der Waals surface area contributed by atoms with Gasteiger partial charge in [0.05, 0.1) is 0 Å². The summed E-state index contributed by atoms with van der Waals surface area (Å²) in [6, 6.07) is 1.85. The minimum absolute atomic E-state index is 0.0673. The highest BCUT2D eigenvalue weighted by Gasteiger charge is 2.09. The van der Waals surface area contributed by atoms with Crippen molar-refractivity contribution >= 4 is 33.2 Å². The molecule has 3 nitrogen and oxygen atoms in total.